The van der Waals surface area contributed by atoms with E-state index >= 15 is 0 Å². The van der Waals surface area contributed by atoms with Crippen LogP contribution in [0.5, 0.6) is 5.75 Å². The lowest BCUT2D eigenvalue weighted by molar-refractivity contribution is 0.0984. The van der Waals surface area contributed by atoms with Crippen molar-refractivity contribution in [3.63, 3.8) is 0 Å². The highest BCUT2D eigenvalue weighted by Crippen LogP contribution is 2.34. The van der Waals surface area contributed by atoms with Gasteiger partial charge in [0.1, 0.15) is 17.1 Å². The lowest BCUT2D eigenvalue weighted by atomic mass is 10.0. The summed E-state index contributed by atoms with van der Waals surface area (Å²) in [6, 6.07) is 16.5. The summed E-state index contributed by atoms with van der Waals surface area (Å²) >= 11 is 1.33. The maximum absolute atomic E-state index is 14.3. The molecular formula is C25H26FN3O2S. The molecule has 4 aromatic rings. The number of halogens is 1. The predicted octanol–water partition coefficient (Wildman–Crippen LogP) is 5.59. The Kier molecular flexibility index (Phi) is 6.67. The molecule has 166 valence electrons. The molecule has 0 radical (unpaired) electrons. The van der Waals surface area contributed by atoms with Crippen molar-refractivity contribution < 1.29 is 13.9 Å². The van der Waals surface area contributed by atoms with Crippen molar-refractivity contribution in [2.75, 3.05) is 38.7 Å². The summed E-state index contributed by atoms with van der Waals surface area (Å²) in [4.78, 5) is 22.2. The molecule has 0 saturated carbocycles. The molecule has 7 heteroatoms. The van der Waals surface area contributed by atoms with Gasteiger partial charge in [0, 0.05) is 6.54 Å². The van der Waals surface area contributed by atoms with Gasteiger partial charge >= 0.3 is 0 Å². The minimum absolute atomic E-state index is 0.191. The van der Waals surface area contributed by atoms with Crippen LogP contribution in [0.15, 0.2) is 54.6 Å². The number of aromatic nitrogens is 1. The normalized spacial score (nSPS) is 11.4. The molecule has 0 aliphatic heterocycles. The standard InChI is InChI=1S/C25H26FN3O2S/c1-4-31-20-14-13-17-9-5-6-10-18(17)22(20)24(30)29(16-8-15-28(2)3)25-27-23-19(26)11-7-12-21(23)32-25/h5-7,9-14H,4,8,15-16H2,1-3H3. The highest BCUT2D eigenvalue weighted by Gasteiger charge is 2.26. The predicted molar refractivity (Wildman–Crippen MR) is 130 cm³/mol. The van der Waals surface area contributed by atoms with Crippen LogP contribution in [0.1, 0.15) is 23.7 Å². The van der Waals surface area contributed by atoms with E-state index in [2.05, 4.69) is 9.88 Å². The summed E-state index contributed by atoms with van der Waals surface area (Å²) in [7, 11) is 3.99. The van der Waals surface area contributed by atoms with Gasteiger partial charge in [0.15, 0.2) is 5.13 Å². The average Bonchev–Trinajstić information content (AvgIpc) is 3.21. The summed E-state index contributed by atoms with van der Waals surface area (Å²) in [6.07, 6.45) is 0.756. The van der Waals surface area contributed by atoms with Crippen LogP contribution in [-0.2, 0) is 0 Å². The number of amides is 1. The molecule has 0 unspecified atom stereocenters. The maximum atomic E-state index is 14.3. The fourth-order valence-corrected chi connectivity index (χ4v) is 4.74. The second-order valence-corrected chi connectivity index (χ2v) is 8.80. The lowest BCUT2D eigenvalue weighted by Gasteiger charge is -2.23. The molecule has 4 rings (SSSR count). The van der Waals surface area contributed by atoms with E-state index in [4.69, 9.17) is 4.74 Å². The highest BCUT2D eigenvalue weighted by molar-refractivity contribution is 7.22. The zero-order chi connectivity index (χ0) is 22.7. The number of hydrogen-bond donors (Lipinski definition) is 0. The quantitative estimate of drug-likeness (QED) is 0.351. The molecule has 0 atom stereocenters. The maximum Gasteiger partial charge on any atom is 0.264 e. The number of hydrogen-bond acceptors (Lipinski definition) is 5. The Morgan fingerprint density at radius 1 is 1.06 bits per heavy atom. The van der Waals surface area contributed by atoms with Gasteiger partial charge in [-0.25, -0.2) is 9.37 Å². The molecular weight excluding hydrogens is 425 g/mol. The number of para-hydroxylation sites is 1. The van der Waals surface area contributed by atoms with Gasteiger partial charge in [-0.3, -0.25) is 9.69 Å². The van der Waals surface area contributed by atoms with Crippen LogP contribution in [0.2, 0.25) is 0 Å². The highest BCUT2D eigenvalue weighted by atomic mass is 32.1. The molecule has 0 aliphatic carbocycles. The number of benzene rings is 3. The first-order chi connectivity index (χ1) is 15.5. The zero-order valence-corrected chi connectivity index (χ0v) is 19.3. The summed E-state index contributed by atoms with van der Waals surface area (Å²) in [6.45, 7) is 3.63. The molecule has 0 N–H and O–H groups in total. The second kappa shape index (κ2) is 9.63. The number of carbonyl (C=O) groups excluding carboxylic acids is 1. The van der Waals surface area contributed by atoms with Gasteiger partial charge in [0.25, 0.3) is 5.91 Å². The van der Waals surface area contributed by atoms with Gasteiger partial charge < -0.3 is 9.64 Å². The number of nitrogens with zero attached hydrogens (tertiary/aromatic N) is 3. The molecule has 3 aromatic carbocycles. The van der Waals surface area contributed by atoms with Gasteiger partial charge in [0.2, 0.25) is 0 Å². The number of fused-ring (bicyclic) bond motifs is 2. The summed E-state index contributed by atoms with van der Waals surface area (Å²) in [5.41, 5.74) is 0.801. The molecule has 32 heavy (non-hydrogen) atoms. The summed E-state index contributed by atoms with van der Waals surface area (Å²) in [5.74, 6) is -0.0320. The van der Waals surface area contributed by atoms with Crippen molar-refractivity contribution in [1.82, 2.24) is 9.88 Å². The third-order valence-electron chi connectivity index (χ3n) is 5.23. The van der Waals surface area contributed by atoms with E-state index in [0.717, 1.165) is 23.7 Å². The van der Waals surface area contributed by atoms with E-state index < -0.39 is 0 Å². The minimum Gasteiger partial charge on any atom is -0.493 e. The van der Waals surface area contributed by atoms with Gasteiger partial charge in [-0.1, -0.05) is 47.7 Å². The molecule has 1 aromatic heterocycles. The van der Waals surface area contributed by atoms with E-state index in [1.165, 1.54) is 17.4 Å². The molecule has 0 bridgehead atoms. The van der Waals surface area contributed by atoms with Gasteiger partial charge in [-0.15, -0.1) is 0 Å². The first-order valence-electron chi connectivity index (χ1n) is 10.7. The van der Waals surface area contributed by atoms with Crippen molar-refractivity contribution in [2.24, 2.45) is 0 Å². The van der Waals surface area contributed by atoms with Crippen LogP contribution >= 0.6 is 11.3 Å². The first-order valence-corrected chi connectivity index (χ1v) is 11.5. The lowest BCUT2D eigenvalue weighted by Crippen LogP contribution is -2.34. The summed E-state index contributed by atoms with van der Waals surface area (Å²) in [5, 5.41) is 2.28. The molecule has 1 amide bonds. The Hall–Kier alpha value is -3.03. The molecule has 0 aliphatic rings. The Balaban J connectivity index is 1.83. The van der Waals surface area contributed by atoms with Crippen LogP contribution in [-0.4, -0.2) is 49.6 Å². The average molecular weight is 452 g/mol. The van der Waals surface area contributed by atoms with Crippen molar-refractivity contribution >= 4 is 43.4 Å². The Labute approximate surface area is 191 Å². The number of carbonyl (C=O) groups is 1. The topological polar surface area (TPSA) is 45.7 Å². The molecule has 0 spiro atoms. The smallest absolute Gasteiger partial charge is 0.264 e. The minimum atomic E-state index is -0.383. The fourth-order valence-electron chi connectivity index (χ4n) is 3.73. The largest absolute Gasteiger partial charge is 0.493 e. The van der Waals surface area contributed by atoms with Gasteiger partial charge in [-0.05, 0) is 63.0 Å². The van der Waals surface area contributed by atoms with E-state index in [1.54, 1.807) is 11.0 Å². The van der Waals surface area contributed by atoms with E-state index in [0.29, 0.717) is 39.8 Å². The van der Waals surface area contributed by atoms with Crippen molar-refractivity contribution in [3.8, 4) is 5.75 Å². The molecule has 1 heterocycles. The monoisotopic (exact) mass is 451 g/mol. The van der Waals surface area contributed by atoms with Crippen LogP contribution < -0.4 is 9.64 Å². The zero-order valence-electron chi connectivity index (χ0n) is 18.5. The molecule has 0 fully saturated rings. The SMILES string of the molecule is CCOc1ccc2ccccc2c1C(=O)N(CCCN(C)C)c1nc2c(F)cccc2s1. The summed E-state index contributed by atoms with van der Waals surface area (Å²) < 4.78 is 20.9. The van der Waals surface area contributed by atoms with Crippen LogP contribution in [0.4, 0.5) is 9.52 Å². The third kappa shape index (κ3) is 4.45. The van der Waals surface area contributed by atoms with Gasteiger partial charge in [0.05, 0.1) is 16.9 Å². The van der Waals surface area contributed by atoms with Crippen LogP contribution in [0, 0.1) is 5.82 Å². The van der Waals surface area contributed by atoms with E-state index in [-0.39, 0.29) is 11.7 Å². The number of rotatable bonds is 8. The molecule has 5 nitrogen and oxygen atoms in total. The van der Waals surface area contributed by atoms with Crippen molar-refractivity contribution in [2.45, 2.75) is 13.3 Å². The van der Waals surface area contributed by atoms with Crippen LogP contribution in [0.25, 0.3) is 21.0 Å². The third-order valence-corrected chi connectivity index (χ3v) is 6.27. The van der Waals surface area contributed by atoms with E-state index in [1.807, 2.05) is 63.5 Å². The first kappa shape index (κ1) is 22.2. The Morgan fingerprint density at radius 3 is 2.62 bits per heavy atom. The van der Waals surface area contributed by atoms with Gasteiger partial charge in [-0.2, -0.15) is 0 Å². The number of ether oxygens (including phenoxy) is 1. The number of thiazole rings is 1. The number of anilines is 1. The second-order valence-electron chi connectivity index (χ2n) is 7.79. The van der Waals surface area contributed by atoms with E-state index in [9.17, 15) is 9.18 Å². The Morgan fingerprint density at radius 2 is 1.88 bits per heavy atom. The fraction of sp³-hybridized carbons (Fsp3) is 0.280. The van der Waals surface area contributed by atoms with Crippen LogP contribution in [0.3, 0.4) is 0 Å². The van der Waals surface area contributed by atoms with Crippen molar-refractivity contribution in [1.29, 1.82) is 0 Å². The molecule has 0 saturated heterocycles. The van der Waals surface area contributed by atoms with Crippen molar-refractivity contribution in [3.05, 3.63) is 66.0 Å². The Bertz CT molecular complexity index is 1250.